The average molecular weight is 348 g/mol. The van der Waals surface area contributed by atoms with Gasteiger partial charge in [-0.05, 0) is 57.4 Å². The zero-order valence-electron chi connectivity index (χ0n) is 14.0. The van der Waals surface area contributed by atoms with E-state index < -0.39 is 0 Å². The molecule has 4 rings (SSSR count). The van der Waals surface area contributed by atoms with E-state index in [9.17, 15) is 4.39 Å². The highest BCUT2D eigenvalue weighted by molar-refractivity contribution is 6.35. The first-order valence-corrected chi connectivity index (χ1v) is 9.26. The summed E-state index contributed by atoms with van der Waals surface area (Å²) in [5.41, 5.74) is 1.03. The third-order valence-corrected chi connectivity index (χ3v) is 5.99. The fourth-order valence-electron chi connectivity index (χ4n) is 4.32. The van der Waals surface area contributed by atoms with Gasteiger partial charge in [-0.2, -0.15) is 0 Å². The predicted octanol–water partition coefficient (Wildman–Crippen LogP) is 4.48. The molecule has 1 aromatic carbocycles. The van der Waals surface area contributed by atoms with Crippen LogP contribution in [0.25, 0.3) is 10.9 Å². The number of anilines is 1. The highest BCUT2D eigenvalue weighted by Gasteiger charge is 2.31. The third kappa shape index (κ3) is 2.76. The highest BCUT2D eigenvalue weighted by Crippen LogP contribution is 2.33. The first-order chi connectivity index (χ1) is 11.6. The van der Waals surface area contributed by atoms with E-state index in [0.29, 0.717) is 33.7 Å². The number of halogens is 2. The topological polar surface area (TPSA) is 19.4 Å². The Hall–Kier alpha value is -1.39. The molecule has 0 amide bonds. The highest BCUT2D eigenvalue weighted by atomic mass is 35.5. The number of aromatic nitrogens is 1. The summed E-state index contributed by atoms with van der Waals surface area (Å²) in [5, 5.41) is 1.23. The molecule has 2 aliphatic heterocycles. The molecular weight excluding hydrogens is 325 g/mol. The van der Waals surface area contributed by atoms with Crippen molar-refractivity contribution in [3.63, 3.8) is 0 Å². The zero-order valence-corrected chi connectivity index (χ0v) is 14.8. The number of likely N-dealkylation sites (tertiary alicyclic amines) is 1. The molecule has 0 radical (unpaired) electrons. The van der Waals surface area contributed by atoms with Crippen molar-refractivity contribution in [2.45, 2.75) is 44.7 Å². The van der Waals surface area contributed by atoms with E-state index in [-0.39, 0.29) is 5.82 Å². The smallest absolute Gasteiger partial charge is 0.172 e. The van der Waals surface area contributed by atoms with Gasteiger partial charge in [0.25, 0.3) is 0 Å². The Balaban J connectivity index is 1.53. The monoisotopic (exact) mass is 347 g/mol. The van der Waals surface area contributed by atoms with Crippen molar-refractivity contribution in [2.24, 2.45) is 0 Å². The van der Waals surface area contributed by atoms with E-state index in [0.717, 1.165) is 25.9 Å². The van der Waals surface area contributed by atoms with Crippen molar-refractivity contribution < 1.29 is 4.39 Å². The largest absolute Gasteiger partial charge is 0.369 e. The van der Waals surface area contributed by atoms with Crippen LogP contribution in [0.4, 0.5) is 10.1 Å². The molecule has 1 atom stereocenters. The number of piperidine rings is 1. The van der Waals surface area contributed by atoms with E-state index in [2.05, 4.69) is 21.7 Å². The van der Waals surface area contributed by atoms with Crippen molar-refractivity contribution >= 4 is 28.2 Å². The van der Waals surface area contributed by atoms with Gasteiger partial charge in [0.05, 0.1) is 10.7 Å². The van der Waals surface area contributed by atoms with Crippen LogP contribution in [0, 0.1) is 5.82 Å². The molecule has 24 heavy (non-hydrogen) atoms. The fraction of sp³-hybridized carbons (Fsp3) is 0.526. The molecule has 2 saturated heterocycles. The lowest BCUT2D eigenvalue weighted by molar-refractivity contribution is 0.163. The molecule has 3 heterocycles. The molecule has 5 heteroatoms. The number of fused-ring (bicyclic) bond motifs is 1. The van der Waals surface area contributed by atoms with Crippen LogP contribution in [-0.2, 0) is 0 Å². The molecule has 2 aliphatic rings. The fourth-order valence-corrected chi connectivity index (χ4v) is 4.53. The van der Waals surface area contributed by atoms with Crippen molar-refractivity contribution in [3.8, 4) is 0 Å². The Morgan fingerprint density at radius 1 is 1.12 bits per heavy atom. The summed E-state index contributed by atoms with van der Waals surface area (Å²) in [6.45, 7) is 5.35. The maximum absolute atomic E-state index is 14.9. The number of benzene rings is 1. The van der Waals surface area contributed by atoms with Gasteiger partial charge in [-0.3, -0.25) is 9.88 Å². The molecule has 3 nitrogen and oxygen atoms in total. The minimum Gasteiger partial charge on any atom is -0.369 e. The van der Waals surface area contributed by atoms with Gasteiger partial charge in [-0.25, -0.2) is 4.39 Å². The third-order valence-electron chi connectivity index (χ3n) is 5.66. The molecule has 1 aromatic heterocycles. The van der Waals surface area contributed by atoms with E-state index in [4.69, 9.17) is 11.6 Å². The zero-order chi connectivity index (χ0) is 16.7. The SMILES string of the molecule is CC1CCCN1C1CCN(c2ccc3c(Cl)ccnc3c2F)CC1. The van der Waals surface area contributed by atoms with Crippen molar-refractivity contribution in [1.82, 2.24) is 9.88 Å². The van der Waals surface area contributed by atoms with E-state index in [1.807, 2.05) is 12.1 Å². The van der Waals surface area contributed by atoms with E-state index >= 15 is 0 Å². The Kier molecular flexibility index (Phi) is 4.35. The molecular formula is C19H23ClFN3. The first-order valence-electron chi connectivity index (χ1n) is 8.88. The maximum Gasteiger partial charge on any atom is 0.172 e. The summed E-state index contributed by atoms with van der Waals surface area (Å²) in [7, 11) is 0. The minimum atomic E-state index is -0.247. The molecule has 128 valence electrons. The molecule has 0 saturated carbocycles. The van der Waals surface area contributed by atoms with Gasteiger partial charge in [0, 0.05) is 36.8 Å². The summed E-state index contributed by atoms with van der Waals surface area (Å²) < 4.78 is 14.9. The summed E-state index contributed by atoms with van der Waals surface area (Å²) in [5.74, 6) is -0.247. The van der Waals surface area contributed by atoms with E-state index in [1.54, 1.807) is 12.3 Å². The van der Waals surface area contributed by atoms with Crippen LogP contribution in [0.5, 0.6) is 0 Å². The summed E-state index contributed by atoms with van der Waals surface area (Å²) >= 11 is 6.15. The quantitative estimate of drug-likeness (QED) is 0.798. The predicted molar refractivity (Wildman–Crippen MR) is 97.3 cm³/mol. The van der Waals surface area contributed by atoms with Crippen molar-refractivity contribution in [2.75, 3.05) is 24.5 Å². The summed E-state index contributed by atoms with van der Waals surface area (Å²) in [6, 6.07) is 6.79. The summed E-state index contributed by atoms with van der Waals surface area (Å²) in [4.78, 5) is 9.00. The Bertz CT molecular complexity index is 743. The second-order valence-corrected chi connectivity index (χ2v) is 7.44. The number of hydrogen-bond acceptors (Lipinski definition) is 3. The molecule has 2 fully saturated rings. The number of hydrogen-bond donors (Lipinski definition) is 0. The lowest BCUT2D eigenvalue weighted by Crippen LogP contribution is -2.46. The van der Waals surface area contributed by atoms with Crippen LogP contribution < -0.4 is 4.90 Å². The van der Waals surface area contributed by atoms with Gasteiger partial charge in [0.1, 0.15) is 5.52 Å². The van der Waals surface area contributed by atoms with Crippen LogP contribution in [0.1, 0.15) is 32.6 Å². The number of rotatable bonds is 2. The lowest BCUT2D eigenvalue weighted by Gasteiger charge is -2.39. The van der Waals surface area contributed by atoms with Crippen LogP contribution in [0.3, 0.4) is 0 Å². The van der Waals surface area contributed by atoms with Gasteiger partial charge in [0.2, 0.25) is 0 Å². The van der Waals surface area contributed by atoms with Crippen molar-refractivity contribution in [1.29, 1.82) is 0 Å². The normalized spacial score (nSPS) is 23.3. The van der Waals surface area contributed by atoms with Gasteiger partial charge in [-0.15, -0.1) is 0 Å². The van der Waals surface area contributed by atoms with Gasteiger partial charge < -0.3 is 4.90 Å². The second-order valence-electron chi connectivity index (χ2n) is 7.03. The van der Waals surface area contributed by atoms with Gasteiger partial charge in [-0.1, -0.05) is 11.6 Å². The molecule has 0 aliphatic carbocycles. The second kappa shape index (κ2) is 6.49. The van der Waals surface area contributed by atoms with Crippen LogP contribution in [0.2, 0.25) is 5.02 Å². The van der Waals surface area contributed by atoms with Crippen LogP contribution >= 0.6 is 11.6 Å². The average Bonchev–Trinajstić information content (AvgIpc) is 3.02. The summed E-state index contributed by atoms with van der Waals surface area (Å²) in [6.07, 6.45) is 6.40. The molecule has 0 bridgehead atoms. The minimum absolute atomic E-state index is 0.247. The van der Waals surface area contributed by atoms with Crippen LogP contribution in [-0.4, -0.2) is 41.6 Å². The molecule has 0 spiro atoms. The maximum atomic E-state index is 14.9. The number of pyridine rings is 1. The molecule has 2 aromatic rings. The standard InChI is InChI=1S/C19H23ClFN3/c1-13-3-2-10-24(13)14-7-11-23(12-8-14)17-5-4-15-16(20)6-9-22-19(15)18(17)21/h4-6,9,13-14H,2-3,7-8,10-12H2,1H3. The Morgan fingerprint density at radius 2 is 1.92 bits per heavy atom. The van der Waals surface area contributed by atoms with E-state index in [1.165, 1.54) is 19.4 Å². The molecule has 0 N–H and O–H groups in total. The lowest BCUT2D eigenvalue weighted by atomic mass is 10.0. The van der Waals surface area contributed by atoms with Crippen molar-refractivity contribution in [3.05, 3.63) is 35.2 Å². The Labute approximate surface area is 147 Å². The Morgan fingerprint density at radius 3 is 2.62 bits per heavy atom. The molecule has 1 unspecified atom stereocenters. The van der Waals surface area contributed by atoms with Gasteiger partial charge in [0.15, 0.2) is 5.82 Å². The number of nitrogens with zero attached hydrogens (tertiary/aromatic N) is 3. The first kappa shape index (κ1) is 16.1. The van der Waals surface area contributed by atoms with Crippen LogP contribution in [0.15, 0.2) is 24.4 Å². The van der Waals surface area contributed by atoms with Gasteiger partial charge >= 0.3 is 0 Å².